The van der Waals surface area contributed by atoms with E-state index in [1.54, 1.807) is 12.1 Å². The first kappa shape index (κ1) is 21.5. The molecule has 2 N–H and O–H groups in total. The van der Waals surface area contributed by atoms with E-state index in [1.807, 2.05) is 19.2 Å². The van der Waals surface area contributed by atoms with Gasteiger partial charge in [0.05, 0.1) is 43.1 Å². The fourth-order valence-corrected chi connectivity index (χ4v) is 3.72. The van der Waals surface area contributed by atoms with E-state index < -0.39 is 0 Å². The van der Waals surface area contributed by atoms with Gasteiger partial charge < -0.3 is 25.0 Å². The van der Waals surface area contributed by atoms with Crippen molar-refractivity contribution in [1.82, 2.24) is 15.2 Å². The number of pyridine rings is 1. The van der Waals surface area contributed by atoms with Gasteiger partial charge >= 0.3 is 0 Å². The number of nitrogens with zero attached hydrogens (tertiary/aromatic N) is 3. The number of rotatable bonds is 9. The number of anilines is 2. The molecule has 3 heterocycles. The SMILES string of the molecule is CCOCCN1C=C(NCCN2CCOCC2)Nc2cnc(-c3ccc(F)cc3)cc21. The van der Waals surface area contributed by atoms with Crippen LogP contribution in [-0.4, -0.2) is 69.0 Å². The summed E-state index contributed by atoms with van der Waals surface area (Å²) in [5, 5.41) is 6.94. The highest BCUT2D eigenvalue weighted by Gasteiger charge is 2.19. The summed E-state index contributed by atoms with van der Waals surface area (Å²) in [4.78, 5) is 9.16. The van der Waals surface area contributed by atoms with Crippen LogP contribution in [0.4, 0.5) is 15.8 Å². The minimum absolute atomic E-state index is 0.252. The van der Waals surface area contributed by atoms with Gasteiger partial charge in [0.1, 0.15) is 11.6 Å². The van der Waals surface area contributed by atoms with E-state index in [1.165, 1.54) is 12.1 Å². The number of benzene rings is 1. The van der Waals surface area contributed by atoms with Gasteiger partial charge in [0.25, 0.3) is 0 Å². The van der Waals surface area contributed by atoms with Gasteiger partial charge in [-0.3, -0.25) is 9.88 Å². The molecule has 2 aromatic rings. The molecule has 0 atom stereocenters. The Kier molecular flexibility index (Phi) is 7.35. The van der Waals surface area contributed by atoms with Crippen molar-refractivity contribution in [2.24, 2.45) is 0 Å². The van der Waals surface area contributed by atoms with Crippen molar-refractivity contribution in [2.75, 3.05) is 69.4 Å². The second-order valence-electron chi connectivity index (χ2n) is 7.53. The molecule has 2 aliphatic heterocycles. The Bertz CT molecular complexity index is 884. The molecule has 1 saturated heterocycles. The van der Waals surface area contributed by atoms with E-state index in [-0.39, 0.29) is 5.82 Å². The van der Waals surface area contributed by atoms with Crippen molar-refractivity contribution in [3.05, 3.63) is 54.4 Å². The Morgan fingerprint density at radius 1 is 1.19 bits per heavy atom. The molecule has 166 valence electrons. The highest BCUT2D eigenvalue weighted by Crippen LogP contribution is 2.33. The van der Waals surface area contributed by atoms with Gasteiger partial charge in [-0.15, -0.1) is 0 Å². The van der Waals surface area contributed by atoms with E-state index in [0.29, 0.717) is 13.2 Å². The predicted octanol–water partition coefficient (Wildman–Crippen LogP) is 2.88. The van der Waals surface area contributed by atoms with Crippen LogP contribution in [0, 0.1) is 5.82 Å². The molecular weight excluding hydrogens is 397 g/mol. The van der Waals surface area contributed by atoms with Crippen LogP contribution in [0.3, 0.4) is 0 Å². The molecule has 0 amide bonds. The summed E-state index contributed by atoms with van der Waals surface area (Å²) < 4.78 is 24.3. The van der Waals surface area contributed by atoms with Crippen LogP contribution in [0.1, 0.15) is 6.92 Å². The molecule has 31 heavy (non-hydrogen) atoms. The maximum absolute atomic E-state index is 13.3. The third kappa shape index (κ3) is 5.72. The molecular formula is C23H30FN5O2. The molecule has 0 unspecified atom stereocenters. The lowest BCUT2D eigenvalue weighted by molar-refractivity contribution is 0.0387. The number of morpholine rings is 1. The van der Waals surface area contributed by atoms with Crippen molar-refractivity contribution in [3.8, 4) is 11.3 Å². The highest BCUT2D eigenvalue weighted by molar-refractivity contribution is 5.79. The molecule has 0 bridgehead atoms. The first-order valence-electron chi connectivity index (χ1n) is 10.9. The number of halogens is 1. The fourth-order valence-electron chi connectivity index (χ4n) is 3.72. The summed E-state index contributed by atoms with van der Waals surface area (Å²) in [6.45, 7) is 9.42. The average molecular weight is 428 g/mol. The van der Waals surface area contributed by atoms with Gasteiger partial charge in [0.15, 0.2) is 0 Å². The molecule has 1 aromatic carbocycles. The molecule has 1 fully saturated rings. The van der Waals surface area contributed by atoms with E-state index in [0.717, 1.165) is 74.4 Å². The van der Waals surface area contributed by atoms with E-state index in [4.69, 9.17) is 9.47 Å². The van der Waals surface area contributed by atoms with E-state index >= 15 is 0 Å². The van der Waals surface area contributed by atoms with Crippen molar-refractivity contribution in [1.29, 1.82) is 0 Å². The Morgan fingerprint density at radius 2 is 2.00 bits per heavy atom. The summed E-state index contributed by atoms with van der Waals surface area (Å²) in [7, 11) is 0. The summed E-state index contributed by atoms with van der Waals surface area (Å²) in [5.41, 5.74) is 3.64. The molecule has 8 heteroatoms. The second kappa shape index (κ2) is 10.6. The summed E-state index contributed by atoms with van der Waals surface area (Å²) in [5.74, 6) is 0.686. The minimum Gasteiger partial charge on any atom is -0.380 e. The zero-order valence-electron chi connectivity index (χ0n) is 17.9. The van der Waals surface area contributed by atoms with Crippen LogP contribution in [0.25, 0.3) is 11.3 Å². The number of hydrogen-bond donors (Lipinski definition) is 2. The van der Waals surface area contributed by atoms with Crippen LogP contribution < -0.4 is 15.5 Å². The predicted molar refractivity (Wildman–Crippen MR) is 120 cm³/mol. The Labute approximate surface area is 182 Å². The van der Waals surface area contributed by atoms with Crippen molar-refractivity contribution < 1.29 is 13.9 Å². The first-order chi connectivity index (χ1) is 15.2. The molecule has 0 aliphatic carbocycles. The maximum atomic E-state index is 13.3. The van der Waals surface area contributed by atoms with Gasteiger partial charge in [-0.1, -0.05) is 0 Å². The Hall–Kier alpha value is -2.68. The number of fused-ring (bicyclic) bond motifs is 1. The van der Waals surface area contributed by atoms with Crippen LogP contribution in [0.5, 0.6) is 0 Å². The van der Waals surface area contributed by atoms with Gasteiger partial charge in [0.2, 0.25) is 0 Å². The maximum Gasteiger partial charge on any atom is 0.123 e. The Morgan fingerprint density at radius 3 is 2.77 bits per heavy atom. The minimum atomic E-state index is -0.252. The quantitative estimate of drug-likeness (QED) is 0.597. The van der Waals surface area contributed by atoms with Gasteiger partial charge in [-0.25, -0.2) is 4.39 Å². The monoisotopic (exact) mass is 427 g/mol. The lowest BCUT2D eigenvalue weighted by Crippen LogP contribution is -2.41. The molecule has 0 spiro atoms. The lowest BCUT2D eigenvalue weighted by atomic mass is 10.1. The van der Waals surface area contributed by atoms with Crippen molar-refractivity contribution in [3.63, 3.8) is 0 Å². The van der Waals surface area contributed by atoms with Crippen LogP contribution in [-0.2, 0) is 9.47 Å². The van der Waals surface area contributed by atoms with Crippen molar-refractivity contribution in [2.45, 2.75) is 6.92 Å². The highest BCUT2D eigenvalue weighted by atomic mass is 19.1. The van der Waals surface area contributed by atoms with E-state index in [2.05, 4.69) is 31.6 Å². The summed E-state index contributed by atoms with van der Waals surface area (Å²) >= 11 is 0. The first-order valence-corrected chi connectivity index (χ1v) is 10.9. The largest absolute Gasteiger partial charge is 0.380 e. The summed E-state index contributed by atoms with van der Waals surface area (Å²) in [6.07, 6.45) is 3.91. The van der Waals surface area contributed by atoms with Gasteiger partial charge in [0, 0.05) is 51.1 Å². The van der Waals surface area contributed by atoms with Gasteiger partial charge in [-0.05, 0) is 37.3 Å². The third-order valence-corrected chi connectivity index (χ3v) is 5.41. The lowest BCUT2D eigenvalue weighted by Gasteiger charge is -2.31. The number of aromatic nitrogens is 1. The van der Waals surface area contributed by atoms with Crippen molar-refractivity contribution >= 4 is 11.4 Å². The fraction of sp³-hybridized carbons (Fsp3) is 0.435. The van der Waals surface area contributed by atoms with Crippen LogP contribution >= 0.6 is 0 Å². The smallest absolute Gasteiger partial charge is 0.123 e. The molecule has 0 radical (unpaired) electrons. The topological polar surface area (TPSA) is 61.9 Å². The number of ether oxygens (including phenoxy) is 2. The molecule has 4 rings (SSSR count). The summed E-state index contributed by atoms with van der Waals surface area (Å²) in [6, 6.07) is 8.44. The molecule has 7 nitrogen and oxygen atoms in total. The Balaban J connectivity index is 1.47. The molecule has 1 aromatic heterocycles. The van der Waals surface area contributed by atoms with Gasteiger partial charge in [-0.2, -0.15) is 0 Å². The van der Waals surface area contributed by atoms with E-state index in [9.17, 15) is 4.39 Å². The molecule has 0 saturated carbocycles. The third-order valence-electron chi connectivity index (χ3n) is 5.41. The zero-order chi connectivity index (χ0) is 21.5. The average Bonchev–Trinajstić information content (AvgIpc) is 2.80. The van der Waals surface area contributed by atoms with Crippen LogP contribution in [0.2, 0.25) is 0 Å². The number of nitrogens with one attached hydrogen (secondary N) is 2. The second-order valence-corrected chi connectivity index (χ2v) is 7.53. The van der Waals surface area contributed by atoms with Crippen LogP contribution in [0.15, 0.2) is 48.5 Å². The standard InChI is InChI=1S/C23H30FN5O2/c1-2-30-14-11-29-17-23(25-7-8-28-9-12-31-13-10-28)27-21-16-26-20(15-22(21)29)18-3-5-19(24)6-4-18/h3-6,15-17,25,27H,2,7-14H2,1H3. The molecule has 2 aliphatic rings. The normalized spacial score (nSPS) is 16.5. The zero-order valence-corrected chi connectivity index (χ0v) is 17.9. The number of hydrogen-bond acceptors (Lipinski definition) is 7.